The second kappa shape index (κ2) is 17.0. The fraction of sp³-hybridized carbons (Fsp3) is 0.0213. The minimum Gasteiger partial charge on any atom is -0.305 e. The van der Waals surface area contributed by atoms with Crippen molar-refractivity contribution in [1.29, 1.82) is 0 Å². The van der Waals surface area contributed by atoms with Crippen LogP contribution in [0.3, 0.4) is 0 Å². The lowest BCUT2D eigenvalue weighted by Crippen LogP contribution is -2.71. The molecule has 7 aromatic carbocycles. The summed E-state index contributed by atoms with van der Waals surface area (Å²) in [6, 6.07) is 73.6. The van der Waals surface area contributed by atoms with Gasteiger partial charge in [0.25, 0.3) is 0 Å². The van der Waals surface area contributed by atoms with Crippen molar-refractivity contribution in [3.05, 3.63) is 235 Å². The molecule has 6 heteroatoms. The van der Waals surface area contributed by atoms with Crippen molar-refractivity contribution in [3.8, 4) is 0 Å². The highest BCUT2D eigenvalue weighted by molar-refractivity contribution is 7.07. The zero-order valence-corrected chi connectivity index (χ0v) is 31.7. The summed E-state index contributed by atoms with van der Waals surface area (Å²) in [4.78, 5) is 0. The van der Waals surface area contributed by atoms with Crippen LogP contribution in [0.2, 0.25) is 0 Å². The van der Waals surface area contributed by atoms with E-state index in [-0.39, 0.29) is 0 Å². The molecule has 2 N–H and O–H groups in total. The van der Waals surface area contributed by atoms with Crippen molar-refractivity contribution < 1.29 is 9.05 Å². The summed E-state index contributed by atoms with van der Waals surface area (Å²) in [5.41, 5.74) is 9.54. The first-order valence-electron chi connectivity index (χ1n) is 17.8. The summed E-state index contributed by atoms with van der Waals surface area (Å²) < 4.78 is 14.3. The molecule has 0 unspecified atom stereocenters. The van der Waals surface area contributed by atoms with Gasteiger partial charge in [0.15, 0.2) is 0 Å². The van der Waals surface area contributed by atoms with Crippen LogP contribution < -0.4 is 42.1 Å². The lowest BCUT2D eigenvalue weighted by atomic mass is 10.2. The topological polar surface area (TPSA) is 42.5 Å². The van der Waals surface area contributed by atoms with Crippen LogP contribution in [-0.2, 0) is 9.05 Å². The van der Waals surface area contributed by atoms with Crippen molar-refractivity contribution in [1.82, 2.24) is 11.0 Å². The summed E-state index contributed by atoms with van der Waals surface area (Å²) in [5.74, 6) is 0. The van der Waals surface area contributed by atoms with E-state index in [1.807, 2.05) is 67.6 Å². The fourth-order valence-corrected chi connectivity index (χ4v) is 14.0. The Hall–Kier alpha value is -6.03. The maximum atomic E-state index is 7.19. The Morgan fingerprint density at radius 1 is 0.377 bits per heavy atom. The molecule has 4 nitrogen and oxygen atoms in total. The van der Waals surface area contributed by atoms with Gasteiger partial charge in [0.05, 0.1) is 5.70 Å². The van der Waals surface area contributed by atoms with E-state index in [2.05, 4.69) is 175 Å². The van der Waals surface area contributed by atoms with Gasteiger partial charge < -0.3 is 9.05 Å². The molecule has 0 heterocycles. The van der Waals surface area contributed by atoms with Crippen LogP contribution in [0.5, 0.6) is 0 Å². The number of allylic oxidation sites excluding steroid dienone is 2. The van der Waals surface area contributed by atoms with E-state index in [0.717, 1.165) is 48.1 Å². The number of nitrogens with one attached hydrogen (secondary N) is 2. The van der Waals surface area contributed by atoms with Gasteiger partial charge in [-0.15, -0.1) is 0 Å². The van der Waals surface area contributed by atoms with Gasteiger partial charge in [-0.1, -0.05) is 212 Å². The monoisotopic (exact) mass is 722 g/mol. The normalized spacial score (nSPS) is 12.2. The molecule has 0 fully saturated rings. The summed E-state index contributed by atoms with van der Waals surface area (Å²) in [6.45, 7) is 2.02. The molecule has 260 valence electrons. The number of hydrogen-bond donors (Lipinski definition) is 2. The highest BCUT2D eigenvalue weighted by atomic mass is 28.4. The van der Waals surface area contributed by atoms with E-state index in [1.165, 1.54) is 0 Å². The molecule has 0 saturated carbocycles. The molecular formula is C47H42N2O2Si2. The van der Waals surface area contributed by atoms with Gasteiger partial charge in [-0.2, -0.15) is 0 Å². The molecule has 0 radical (unpaired) electrons. The van der Waals surface area contributed by atoms with Gasteiger partial charge in [-0.05, 0) is 55.8 Å². The largest absolute Gasteiger partial charge is 0.321 e. The average Bonchev–Trinajstić information content (AvgIpc) is 3.24. The van der Waals surface area contributed by atoms with Crippen LogP contribution >= 0.6 is 0 Å². The molecule has 7 aromatic rings. The lowest BCUT2D eigenvalue weighted by molar-refractivity contribution is 0.226. The van der Waals surface area contributed by atoms with Crippen LogP contribution in [0.15, 0.2) is 230 Å². The quantitative estimate of drug-likeness (QED) is 0.0599. The van der Waals surface area contributed by atoms with Crippen LogP contribution in [0, 0.1) is 0 Å². The van der Waals surface area contributed by atoms with Gasteiger partial charge >= 0.3 is 16.6 Å². The number of hydroxylamine groups is 2. The van der Waals surface area contributed by atoms with Gasteiger partial charge in [0.2, 0.25) is 0 Å². The molecule has 0 atom stereocenters. The van der Waals surface area contributed by atoms with Gasteiger partial charge in [-0.3, -0.25) is 11.0 Å². The molecule has 0 amide bonds. The summed E-state index contributed by atoms with van der Waals surface area (Å²) in [6.07, 6.45) is 4.15. The Labute approximate surface area is 314 Å². The third kappa shape index (κ3) is 7.92. The third-order valence-electron chi connectivity index (χ3n) is 9.26. The molecular weight excluding hydrogens is 681 g/mol. The molecule has 0 spiro atoms. The van der Waals surface area contributed by atoms with Crippen molar-refractivity contribution >= 4 is 53.8 Å². The Morgan fingerprint density at radius 2 is 0.642 bits per heavy atom. The van der Waals surface area contributed by atoms with Crippen molar-refractivity contribution in [2.24, 2.45) is 0 Å². The van der Waals surface area contributed by atoms with Crippen LogP contribution in [0.1, 0.15) is 12.5 Å². The highest BCUT2D eigenvalue weighted by Gasteiger charge is 2.44. The smallest absolute Gasteiger partial charge is 0.305 e. The van der Waals surface area contributed by atoms with E-state index >= 15 is 0 Å². The molecule has 0 aliphatic heterocycles. The summed E-state index contributed by atoms with van der Waals surface area (Å²) >= 11 is 0. The Balaban J connectivity index is 1.29. The summed E-state index contributed by atoms with van der Waals surface area (Å²) in [5, 5.41) is 6.83. The van der Waals surface area contributed by atoms with Crippen molar-refractivity contribution in [2.75, 3.05) is 0 Å². The van der Waals surface area contributed by atoms with Gasteiger partial charge in [0, 0.05) is 5.70 Å². The predicted octanol–water partition coefficient (Wildman–Crippen LogP) is 6.31. The third-order valence-corrected chi connectivity index (χ3v) is 17.0. The van der Waals surface area contributed by atoms with E-state index in [1.54, 1.807) is 0 Å². The van der Waals surface area contributed by atoms with E-state index in [9.17, 15) is 0 Å². The van der Waals surface area contributed by atoms with E-state index in [4.69, 9.17) is 9.05 Å². The Kier molecular flexibility index (Phi) is 11.3. The SMILES string of the molecule is CC(=CC(=Cc1ccccc1)NO[Si](c1ccccc1)(c1ccccc1)c1ccccc1)NO[Si](c1ccccc1)(c1ccccc1)c1ccccc1. The standard InChI is InChI=1S/C47H42N2O2Si2/c1-39(48-50-52(42-25-11-3-12-26-42,43-27-13-4-14-28-43)44-29-15-5-16-30-44)37-41(38-40-23-9-2-10-24-40)49-51-53(45-31-17-6-18-32-45,46-33-19-7-20-34-46)47-35-21-8-22-36-47/h2-38,48-49H,1H3. The molecule has 0 saturated heterocycles. The van der Waals surface area contributed by atoms with E-state index in [0.29, 0.717) is 0 Å². The van der Waals surface area contributed by atoms with Crippen molar-refractivity contribution in [2.45, 2.75) is 6.92 Å². The second-order valence-electron chi connectivity index (χ2n) is 12.8. The van der Waals surface area contributed by atoms with Crippen molar-refractivity contribution in [3.63, 3.8) is 0 Å². The molecule has 53 heavy (non-hydrogen) atoms. The maximum absolute atomic E-state index is 7.19. The number of benzene rings is 7. The molecule has 0 aliphatic carbocycles. The molecule has 0 aliphatic rings. The summed E-state index contributed by atoms with van der Waals surface area (Å²) in [7, 11) is -6.07. The highest BCUT2D eigenvalue weighted by Crippen LogP contribution is 2.14. The molecule has 0 aromatic heterocycles. The fourth-order valence-electron chi connectivity index (χ4n) is 6.78. The first-order valence-corrected chi connectivity index (χ1v) is 21.7. The molecule has 7 rings (SSSR count). The number of hydrogen-bond acceptors (Lipinski definition) is 4. The van der Waals surface area contributed by atoms with E-state index < -0.39 is 16.6 Å². The first-order chi connectivity index (χ1) is 26.2. The van der Waals surface area contributed by atoms with Gasteiger partial charge in [0.1, 0.15) is 0 Å². The zero-order chi connectivity index (χ0) is 36.2. The second-order valence-corrected chi connectivity index (χ2v) is 19.4. The first kappa shape index (κ1) is 35.4. The average molecular weight is 723 g/mol. The van der Waals surface area contributed by atoms with Crippen LogP contribution in [0.4, 0.5) is 0 Å². The number of rotatable bonds is 14. The lowest BCUT2D eigenvalue weighted by Gasteiger charge is -2.33. The minimum absolute atomic E-state index is 0.774. The molecule has 0 bridgehead atoms. The predicted molar refractivity (Wildman–Crippen MR) is 225 cm³/mol. The van der Waals surface area contributed by atoms with Crippen LogP contribution in [0.25, 0.3) is 6.08 Å². The Bertz CT molecular complexity index is 2030. The minimum atomic E-state index is -3.06. The maximum Gasteiger partial charge on any atom is 0.321 e. The van der Waals surface area contributed by atoms with Crippen LogP contribution in [-0.4, -0.2) is 16.6 Å². The zero-order valence-electron chi connectivity index (χ0n) is 29.7. The van der Waals surface area contributed by atoms with Gasteiger partial charge in [-0.25, -0.2) is 0 Å². The Morgan fingerprint density at radius 3 is 0.943 bits per heavy atom.